The maximum atomic E-state index is 5.61. The Balaban J connectivity index is 2.45. The van der Waals surface area contributed by atoms with Crippen LogP contribution in [0.3, 0.4) is 0 Å². The van der Waals surface area contributed by atoms with Crippen molar-refractivity contribution < 1.29 is 0 Å². The highest BCUT2D eigenvalue weighted by atomic mass is 32.1. The second-order valence-corrected chi connectivity index (χ2v) is 4.11. The lowest BCUT2D eigenvalue weighted by Crippen LogP contribution is -1.73. The monoisotopic (exact) mass is 181 g/mol. The number of anilines is 1. The molecular weight excluding hydrogens is 174 g/mol. The van der Waals surface area contributed by atoms with E-state index in [9.17, 15) is 0 Å². The Kier molecular flexibility index (Phi) is 1.68. The molecule has 11 heavy (non-hydrogen) atoms. The molecule has 2 heterocycles. The molecule has 0 saturated heterocycles. The third kappa shape index (κ3) is 1.29. The van der Waals surface area contributed by atoms with Crippen molar-refractivity contribution in [2.45, 2.75) is 0 Å². The minimum Gasteiger partial charge on any atom is -0.391 e. The molecule has 0 saturated carbocycles. The summed E-state index contributed by atoms with van der Waals surface area (Å²) >= 11 is 3.33. The van der Waals surface area contributed by atoms with Crippen LogP contribution in [-0.4, -0.2) is 0 Å². The van der Waals surface area contributed by atoms with Gasteiger partial charge in [-0.1, -0.05) is 6.07 Å². The molecule has 0 unspecified atom stereocenters. The van der Waals surface area contributed by atoms with Crippen LogP contribution in [0.15, 0.2) is 29.0 Å². The molecule has 56 valence electrons. The Morgan fingerprint density at radius 1 is 1.27 bits per heavy atom. The standard InChI is InChI=1S/C8H7NS2/c9-8-4-6(5-11-8)7-2-1-3-10-7/h1-5H,9H2. The number of hydrogen-bond donors (Lipinski definition) is 1. The quantitative estimate of drug-likeness (QED) is 0.719. The molecule has 0 amide bonds. The minimum absolute atomic E-state index is 0.883. The molecule has 0 aliphatic heterocycles. The Hall–Kier alpha value is -0.800. The fourth-order valence-electron chi connectivity index (χ4n) is 0.925. The molecule has 2 rings (SSSR count). The van der Waals surface area contributed by atoms with Gasteiger partial charge >= 0.3 is 0 Å². The first-order chi connectivity index (χ1) is 5.36. The van der Waals surface area contributed by atoms with Crippen LogP contribution in [0, 0.1) is 0 Å². The van der Waals surface area contributed by atoms with Crippen LogP contribution < -0.4 is 5.73 Å². The molecular formula is C8H7NS2. The zero-order valence-electron chi connectivity index (χ0n) is 5.78. The normalized spacial score (nSPS) is 10.2. The number of thiophene rings is 2. The van der Waals surface area contributed by atoms with Crippen LogP contribution in [0.1, 0.15) is 0 Å². The van der Waals surface area contributed by atoms with Crippen molar-refractivity contribution in [3.63, 3.8) is 0 Å². The van der Waals surface area contributed by atoms with Gasteiger partial charge in [-0.25, -0.2) is 0 Å². The van der Waals surface area contributed by atoms with E-state index in [1.165, 1.54) is 10.4 Å². The highest BCUT2D eigenvalue weighted by Gasteiger charge is 1.99. The van der Waals surface area contributed by atoms with E-state index in [1.54, 1.807) is 22.7 Å². The van der Waals surface area contributed by atoms with Gasteiger partial charge < -0.3 is 5.73 Å². The van der Waals surface area contributed by atoms with E-state index in [4.69, 9.17) is 5.73 Å². The maximum absolute atomic E-state index is 5.61. The van der Waals surface area contributed by atoms with Crippen molar-refractivity contribution in [3.05, 3.63) is 29.0 Å². The summed E-state index contributed by atoms with van der Waals surface area (Å²) in [6.07, 6.45) is 0. The minimum atomic E-state index is 0.883. The topological polar surface area (TPSA) is 26.0 Å². The lowest BCUT2D eigenvalue weighted by atomic mass is 10.3. The molecule has 1 nitrogen and oxygen atoms in total. The highest BCUT2D eigenvalue weighted by molar-refractivity contribution is 7.16. The fraction of sp³-hybridized carbons (Fsp3) is 0. The van der Waals surface area contributed by atoms with E-state index in [2.05, 4.69) is 16.8 Å². The molecule has 0 radical (unpaired) electrons. The molecule has 2 N–H and O–H groups in total. The molecule has 0 bridgehead atoms. The van der Waals surface area contributed by atoms with E-state index in [0.717, 1.165) is 5.00 Å². The van der Waals surface area contributed by atoms with E-state index in [-0.39, 0.29) is 0 Å². The van der Waals surface area contributed by atoms with E-state index >= 15 is 0 Å². The molecule has 3 heteroatoms. The lowest BCUT2D eigenvalue weighted by molar-refractivity contribution is 1.87. The van der Waals surface area contributed by atoms with Crippen LogP contribution in [0.25, 0.3) is 10.4 Å². The van der Waals surface area contributed by atoms with E-state index in [0.29, 0.717) is 0 Å². The number of nitrogens with two attached hydrogens (primary N) is 1. The van der Waals surface area contributed by atoms with Crippen molar-refractivity contribution >= 4 is 27.7 Å². The van der Waals surface area contributed by atoms with Crippen molar-refractivity contribution in [1.82, 2.24) is 0 Å². The summed E-state index contributed by atoms with van der Waals surface area (Å²) in [5, 5.41) is 5.04. The molecule has 0 aliphatic carbocycles. The first kappa shape index (κ1) is 6.88. The molecule has 0 fully saturated rings. The largest absolute Gasteiger partial charge is 0.391 e. The van der Waals surface area contributed by atoms with Gasteiger partial charge in [0.2, 0.25) is 0 Å². The summed E-state index contributed by atoms with van der Waals surface area (Å²) < 4.78 is 0. The lowest BCUT2D eigenvalue weighted by Gasteiger charge is -1.86. The van der Waals surface area contributed by atoms with Crippen LogP contribution >= 0.6 is 22.7 Å². The van der Waals surface area contributed by atoms with Gasteiger partial charge in [0, 0.05) is 15.8 Å². The van der Waals surface area contributed by atoms with Gasteiger partial charge in [0.15, 0.2) is 0 Å². The average molecular weight is 181 g/mol. The summed E-state index contributed by atoms with van der Waals surface area (Å²) in [5.41, 5.74) is 6.85. The summed E-state index contributed by atoms with van der Waals surface area (Å²) in [6.45, 7) is 0. The van der Waals surface area contributed by atoms with Crippen molar-refractivity contribution in [3.8, 4) is 10.4 Å². The number of rotatable bonds is 1. The predicted octanol–water partition coefficient (Wildman–Crippen LogP) is 3.06. The molecule has 0 spiro atoms. The smallest absolute Gasteiger partial charge is 0.0863 e. The highest BCUT2D eigenvalue weighted by Crippen LogP contribution is 2.29. The Labute approximate surface area is 73.1 Å². The average Bonchev–Trinajstić information content (AvgIpc) is 2.55. The van der Waals surface area contributed by atoms with E-state index < -0.39 is 0 Å². The molecule has 0 aromatic carbocycles. The zero-order chi connectivity index (χ0) is 7.68. The SMILES string of the molecule is Nc1cc(-c2cccs2)cs1. The van der Waals surface area contributed by atoms with Gasteiger partial charge in [-0.2, -0.15) is 0 Å². The van der Waals surface area contributed by atoms with Gasteiger partial charge in [-0.3, -0.25) is 0 Å². The third-order valence-corrected chi connectivity index (χ3v) is 3.11. The molecule has 2 aromatic heterocycles. The Morgan fingerprint density at radius 3 is 2.73 bits per heavy atom. The van der Waals surface area contributed by atoms with Gasteiger partial charge in [0.05, 0.1) is 5.00 Å². The number of nitrogen functional groups attached to an aromatic ring is 1. The Bertz CT molecular complexity index is 335. The number of hydrogen-bond acceptors (Lipinski definition) is 3. The van der Waals surface area contributed by atoms with Gasteiger partial charge in [-0.15, -0.1) is 22.7 Å². The van der Waals surface area contributed by atoms with Crippen LogP contribution in [-0.2, 0) is 0 Å². The molecule has 2 aromatic rings. The first-order valence-electron chi connectivity index (χ1n) is 3.24. The van der Waals surface area contributed by atoms with Gasteiger partial charge in [0.25, 0.3) is 0 Å². The fourth-order valence-corrected chi connectivity index (χ4v) is 2.37. The predicted molar refractivity (Wildman–Crippen MR) is 52.0 cm³/mol. The first-order valence-corrected chi connectivity index (χ1v) is 5.00. The van der Waals surface area contributed by atoms with Crippen LogP contribution in [0.4, 0.5) is 5.00 Å². The van der Waals surface area contributed by atoms with E-state index in [1.807, 2.05) is 12.1 Å². The second-order valence-electron chi connectivity index (χ2n) is 2.22. The summed E-state index contributed by atoms with van der Waals surface area (Å²) in [5.74, 6) is 0. The maximum Gasteiger partial charge on any atom is 0.0863 e. The Morgan fingerprint density at radius 2 is 2.18 bits per heavy atom. The van der Waals surface area contributed by atoms with Crippen LogP contribution in [0.2, 0.25) is 0 Å². The summed E-state index contributed by atoms with van der Waals surface area (Å²) in [7, 11) is 0. The molecule has 0 aliphatic rings. The van der Waals surface area contributed by atoms with Crippen molar-refractivity contribution in [2.24, 2.45) is 0 Å². The van der Waals surface area contributed by atoms with Crippen LogP contribution in [0.5, 0.6) is 0 Å². The summed E-state index contributed by atoms with van der Waals surface area (Å²) in [4.78, 5) is 1.29. The third-order valence-electron chi connectivity index (χ3n) is 1.43. The van der Waals surface area contributed by atoms with Crippen molar-refractivity contribution in [2.75, 3.05) is 5.73 Å². The second kappa shape index (κ2) is 2.68. The van der Waals surface area contributed by atoms with Gasteiger partial charge in [0.1, 0.15) is 0 Å². The summed E-state index contributed by atoms with van der Waals surface area (Å²) in [6, 6.07) is 6.16. The van der Waals surface area contributed by atoms with Gasteiger partial charge in [-0.05, 0) is 17.5 Å². The zero-order valence-corrected chi connectivity index (χ0v) is 7.41. The molecule has 0 atom stereocenters. The van der Waals surface area contributed by atoms with Crippen molar-refractivity contribution in [1.29, 1.82) is 0 Å².